The van der Waals surface area contributed by atoms with Gasteiger partial charge in [-0.15, -0.1) is 10.2 Å². The number of hydrogen-bond donors (Lipinski definition) is 0. The van der Waals surface area contributed by atoms with Crippen molar-refractivity contribution in [2.75, 3.05) is 7.05 Å². The fraction of sp³-hybridized carbons (Fsp3) is 0.500. The Bertz CT molecular complexity index is 779. The number of aryl methyl sites for hydroxylation is 1. The molecule has 1 aliphatic rings. The summed E-state index contributed by atoms with van der Waals surface area (Å²) in [5.41, 5.74) is 0.615. The number of benzene rings is 1. The van der Waals surface area contributed by atoms with Gasteiger partial charge in [0.05, 0.1) is 4.90 Å². The minimum absolute atomic E-state index is 0.0862. The minimum Gasteiger partial charge on any atom is -0.421 e. The van der Waals surface area contributed by atoms with Crippen LogP contribution in [-0.4, -0.2) is 36.0 Å². The quantitative estimate of drug-likeness (QED) is 0.858. The lowest BCUT2D eigenvalue weighted by Crippen LogP contribution is -2.38. The van der Waals surface area contributed by atoms with E-state index in [9.17, 15) is 8.42 Å². The molecule has 1 aromatic carbocycles. The van der Waals surface area contributed by atoms with Crippen LogP contribution >= 0.6 is 0 Å². The van der Waals surface area contributed by atoms with Crippen LogP contribution in [0.5, 0.6) is 0 Å². The molecule has 23 heavy (non-hydrogen) atoms. The maximum atomic E-state index is 12.9. The van der Waals surface area contributed by atoms with Crippen molar-refractivity contribution in [1.29, 1.82) is 0 Å². The van der Waals surface area contributed by atoms with Crippen LogP contribution in [0.15, 0.2) is 33.6 Å². The van der Waals surface area contributed by atoms with Crippen molar-refractivity contribution in [3.8, 4) is 11.5 Å². The minimum atomic E-state index is -3.52. The zero-order chi connectivity index (χ0) is 16.4. The standard InChI is InChI=1S/C16H21N3O3S/c1-12-17-18-16(22-12)13-7-6-10-15(11-13)23(20,21)19(2)14-8-4-3-5-9-14/h6-7,10-11,14H,3-5,8-9H2,1-2H3. The van der Waals surface area contributed by atoms with Gasteiger partial charge in [-0.2, -0.15) is 4.31 Å². The molecule has 0 amide bonds. The molecule has 1 aromatic heterocycles. The van der Waals surface area contributed by atoms with E-state index in [1.807, 2.05) is 0 Å². The second-order valence-electron chi connectivity index (χ2n) is 5.97. The Balaban J connectivity index is 1.90. The number of rotatable bonds is 4. The number of sulfonamides is 1. The van der Waals surface area contributed by atoms with Crippen molar-refractivity contribution in [2.45, 2.75) is 50.0 Å². The number of aromatic nitrogens is 2. The van der Waals surface area contributed by atoms with Crippen molar-refractivity contribution in [1.82, 2.24) is 14.5 Å². The van der Waals surface area contributed by atoms with Gasteiger partial charge in [-0.1, -0.05) is 25.3 Å². The summed E-state index contributed by atoms with van der Waals surface area (Å²) in [6, 6.07) is 6.77. The van der Waals surface area contributed by atoms with Crippen molar-refractivity contribution < 1.29 is 12.8 Å². The first-order valence-corrected chi connectivity index (χ1v) is 9.31. The molecule has 0 radical (unpaired) electrons. The van der Waals surface area contributed by atoms with Crippen LogP contribution in [0.25, 0.3) is 11.5 Å². The molecular formula is C16H21N3O3S. The Hall–Kier alpha value is -1.73. The molecular weight excluding hydrogens is 314 g/mol. The van der Waals surface area contributed by atoms with Gasteiger partial charge in [0.25, 0.3) is 0 Å². The smallest absolute Gasteiger partial charge is 0.247 e. The monoisotopic (exact) mass is 335 g/mol. The van der Waals surface area contributed by atoms with E-state index in [-0.39, 0.29) is 10.9 Å². The predicted octanol–water partition coefficient (Wildman–Crippen LogP) is 3.00. The lowest BCUT2D eigenvalue weighted by Gasteiger charge is -2.30. The van der Waals surface area contributed by atoms with E-state index in [0.29, 0.717) is 17.3 Å². The normalized spacial score (nSPS) is 16.8. The molecule has 0 spiro atoms. The van der Waals surface area contributed by atoms with Crippen molar-refractivity contribution in [3.63, 3.8) is 0 Å². The summed E-state index contributed by atoms with van der Waals surface area (Å²) in [7, 11) is -1.84. The van der Waals surface area contributed by atoms with E-state index in [1.54, 1.807) is 38.2 Å². The summed E-state index contributed by atoms with van der Waals surface area (Å²) in [5, 5.41) is 7.74. The third-order valence-corrected chi connectivity index (χ3v) is 6.28. The van der Waals surface area contributed by atoms with Crippen LogP contribution in [0.1, 0.15) is 38.0 Å². The second kappa shape index (κ2) is 6.41. The summed E-state index contributed by atoms with van der Waals surface area (Å²) in [4.78, 5) is 0.263. The largest absolute Gasteiger partial charge is 0.421 e. The van der Waals surface area contributed by atoms with Gasteiger partial charge in [0.2, 0.25) is 21.8 Å². The molecule has 0 bridgehead atoms. The summed E-state index contributed by atoms with van der Waals surface area (Å²) >= 11 is 0. The van der Waals surface area contributed by atoms with E-state index in [1.165, 1.54) is 10.7 Å². The second-order valence-corrected chi connectivity index (χ2v) is 7.96. The third-order valence-electron chi connectivity index (χ3n) is 4.37. The first-order valence-electron chi connectivity index (χ1n) is 7.87. The Morgan fingerprint density at radius 3 is 2.57 bits per heavy atom. The highest BCUT2D eigenvalue weighted by molar-refractivity contribution is 7.89. The van der Waals surface area contributed by atoms with Crippen LogP contribution in [0.3, 0.4) is 0 Å². The van der Waals surface area contributed by atoms with Gasteiger partial charge in [-0.05, 0) is 31.0 Å². The summed E-state index contributed by atoms with van der Waals surface area (Å²) in [6.45, 7) is 1.70. The van der Waals surface area contributed by atoms with Crippen LogP contribution in [0.2, 0.25) is 0 Å². The molecule has 0 aliphatic heterocycles. The third kappa shape index (κ3) is 3.30. The van der Waals surface area contributed by atoms with Gasteiger partial charge < -0.3 is 4.42 Å². The van der Waals surface area contributed by atoms with E-state index in [2.05, 4.69) is 10.2 Å². The van der Waals surface area contributed by atoms with E-state index in [4.69, 9.17) is 4.42 Å². The van der Waals surface area contributed by atoms with E-state index >= 15 is 0 Å². The fourth-order valence-electron chi connectivity index (χ4n) is 3.01. The maximum absolute atomic E-state index is 12.9. The molecule has 0 N–H and O–H groups in total. The average molecular weight is 335 g/mol. The van der Waals surface area contributed by atoms with Crippen LogP contribution in [0.4, 0.5) is 0 Å². The van der Waals surface area contributed by atoms with E-state index < -0.39 is 10.0 Å². The molecule has 0 atom stereocenters. The zero-order valence-electron chi connectivity index (χ0n) is 13.4. The van der Waals surface area contributed by atoms with Gasteiger partial charge in [0, 0.05) is 25.6 Å². The number of hydrogen-bond acceptors (Lipinski definition) is 5. The Kier molecular flexibility index (Phi) is 4.50. The Labute approximate surface area is 136 Å². The van der Waals surface area contributed by atoms with Gasteiger partial charge >= 0.3 is 0 Å². The predicted molar refractivity (Wildman–Crippen MR) is 86.3 cm³/mol. The molecule has 6 nitrogen and oxygen atoms in total. The summed E-state index contributed by atoms with van der Waals surface area (Å²) in [5.74, 6) is 0.785. The lowest BCUT2D eigenvalue weighted by atomic mass is 9.96. The maximum Gasteiger partial charge on any atom is 0.247 e. The Morgan fingerprint density at radius 2 is 1.91 bits per heavy atom. The van der Waals surface area contributed by atoms with Crippen LogP contribution < -0.4 is 0 Å². The first-order chi connectivity index (χ1) is 11.0. The topological polar surface area (TPSA) is 76.3 Å². The molecule has 124 valence electrons. The van der Waals surface area contributed by atoms with Gasteiger partial charge in [0.15, 0.2) is 0 Å². The highest BCUT2D eigenvalue weighted by Crippen LogP contribution is 2.28. The van der Waals surface area contributed by atoms with Crippen molar-refractivity contribution in [2.24, 2.45) is 0 Å². The molecule has 1 heterocycles. The van der Waals surface area contributed by atoms with Gasteiger partial charge in [-0.25, -0.2) is 8.42 Å². The highest BCUT2D eigenvalue weighted by Gasteiger charge is 2.29. The van der Waals surface area contributed by atoms with E-state index in [0.717, 1.165) is 25.7 Å². The van der Waals surface area contributed by atoms with Crippen LogP contribution in [0, 0.1) is 6.92 Å². The molecule has 1 saturated carbocycles. The van der Waals surface area contributed by atoms with Gasteiger partial charge in [-0.3, -0.25) is 0 Å². The molecule has 1 fully saturated rings. The molecule has 1 aliphatic carbocycles. The molecule has 2 aromatic rings. The molecule has 0 saturated heterocycles. The van der Waals surface area contributed by atoms with Crippen LogP contribution in [-0.2, 0) is 10.0 Å². The number of nitrogens with zero attached hydrogens (tertiary/aromatic N) is 3. The average Bonchev–Trinajstić information content (AvgIpc) is 3.01. The molecule has 3 rings (SSSR count). The highest BCUT2D eigenvalue weighted by atomic mass is 32.2. The lowest BCUT2D eigenvalue weighted by molar-refractivity contribution is 0.286. The first kappa shape index (κ1) is 16.1. The van der Waals surface area contributed by atoms with Crippen molar-refractivity contribution >= 4 is 10.0 Å². The summed E-state index contributed by atoms with van der Waals surface area (Å²) in [6.07, 6.45) is 5.23. The summed E-state index contributed by atoms with van der Waals surface area (Å²) < 4.78 is 32.7. The zero-order valence-corrected chi connectivity index (χ0v) is 14.2. The molecule has 7 heteroatoms. The SMILES string of the molecule is Cc1nnc(-c2cccc(S(=O)(=O)N(C)C3CCCCC3)c2)o1. The van der Waals surface area contributed by atoms with Gasteiger partial charge in [0.1, 0.15) is 0 Å². The Morgan fingerprint density at radius 1 is 1.17 bits per heavy atom. The fourth-order valence-corrected chi connectivity index (χ4v) is 4.47. The van der Waals surface area contributed by atoms with Crippen molar-refractivity contribution in [3.05, 3.63) is 30.2 Å². The molecule has 0 unspecified atom stereocenters.